The van der Waals surface area contributed by atoms with Gasteiger partial charge in [0.1, 0.15) is 43.2 Å². The molecule has 7 N–H and O–H groups in total. The van der Waals surface area contributed by atoms with Gasteiger partial charge < -0.3 is 44.6 Å². The predicted molar refractivity (Wildman–Crippen MR) is 260 cm³/mol. The van der Waals surface area contributed by atoms with E-state index < -0.39 is 83.5 Å². The van der Waals surface area contributed by atoms with Crippen molar-refractivity contribution in [3.8, 4) is 0 Å². The summed E-state index contributed by atoms with van der Waals surface area (Å²) in [5.74, 6) is -1.24. The first-order chi connectivity index (χ1) is 32.5. The fraction of sp³-hybridized carbons (Fsp3) is 0.776. The molecule has 1 fully saturated rings. The van der Waals surface area contributed by atoms with Crippen molar-refractivity contribution < 1.29 is 81.7 Å². The van der Waals surface area contributed by atoms with Crippen LogP contribution >= 0.6 is 15.6 Å². The number of hydrogen-bond donors (Lipinski definition) is 7. The first-order valence-electron chi connectivity index (χ1n) is 25.1. The molecule has 0 aromatic rings. The maximum atomic E-state index is 13.0. The van der Waals surface area contributed by atoms with Gasteiger partial charge in [-0.1, -0.05) is 146 Å². The Morgan fingerprint density at radius 1 is 0.515 bits per heavy atom. The highest BCUT2D eigenvalue weighted by molar-refractivity contribution is 7.47. The van der Waals surface area contributed by atoms with E-state index in [1.54, 1.807) is 12.2 Å². The van der Waals surface area contributed by atoms with Gasteiger partial charge in [-0.2, -0.15) is 0 Å². The number of unbranched alkanes of at least 4 members (excludes halogenated alkanes) is 19. The highest BCUT2D eigenvalue weighted by atomic mass is 31.2. The molecule has 0 aromatic carbocycles. The molecule has 0 aromatic heterocycles. The number of carbonyl (C=O) groups excluding carboxylic acids is 3. The average molecular weight is 1010 g/mol. The van der Waals surface area contributed by atoms with Crippen molar-refractivity contribution in [1.82, 2.24) is 0 Å². The van der Waals surface area contributed by atoms with Crippen LogP contribution in [0.25, 0.3) is 0 Å². The number of phosphoric ester groups is 2. The number of esters is 2. The molecule has 8 atom stereocenters. The summed E-state index contributed by atoms with van der Waals surface area (Å²) < 4.78 is 49.4. The molecule has 5 unspecified atom stereocenters. The molecule has 0 spiro atoms. The molecule has 0 bridgehead atoms. The van der Waals surface area contributed by atoms with Gasteiger partial charge in [-0.05, 0) is 70.3 Å². The van der Waals surface area contributed by atoms with Crippen LogP contribution in [0.2, 0.25) is 0 Å². The van der Waals surface area contributed by atoms with Crippen LogP contribution in [0.3, 0.4) is 0 Å². The number of phosphoric acid groups is 2. The standard InChI is InChI=1S/C49H86O17P2/c1-3-5-7-9-11-12-13-14-15-16-17-18-19-20-21-22-24-28-33-37-43(52)64-41(38-62-42(51)36-32-29-25-27-31-35-40(50)34-30-26-23-10-8-6-4-2)39-63-68(60,61)66-49-46(55)44(53)45(54)48(47(49)56)65-67(57,58)59/h11-12,14-15,23,26,30,34,41,44-49,53-56H,3-10,13,16-22,24-25,27-29,31-33,35-39H2,1-2H3,(H,60,61)(H2,57,58,59)/b12-11-,15-14-,26-23-,34-30+/t41-,44?,45?,46?,47?,48-,49+/m1/s1. The van der Waals surface area contributed by atoms with Crippen molar-refractivity contribution in [2.45, 2.75) is 230 Å². The van der Waals surface area contributed by atoms with Gasteiger partial charge in [0.05, 0.1) is 6.61 Å². The third kappa shape index (κ3) is 33.3. The second-order valence-corrected chi connectivity index (χ2v) is 20.2. The van der Waals surface area contributed by atoms with E-state index in [1.807, 2.05) is 6.08 Å². The quantitative estimate of drug-likeness (QED) is 0.00749. The summed E-state index contributed by atoms with van der Waals surface area (Å²) in [5, 5.41) is 41.3. The monoisotopic (exact) mass is 1010 g/mol. The number of carbonyl (C=O) groups is 3. The van der Waals surface area contributed by atoms with Gasteiger partial charge in [-0.15, -0.1) is 0 Å². The zero-order valence-corrected chi connectivity index (χ0v) is 42.6. The maximum Gasteiger partial charge on any atom is 0.472 e. The van der Waals surface area contributed by atoms with Crippen LogP contribution in [0.4, 0.5) is 0 Å². The van der Waals surface area contributed by atoms with Crippen LogP contribution in [0.5, 0.6) is 0 Å². The Labute approximate surface area is 405 Å². The number of aliphatic hydroxyl groups excluding tert-OH is 4. The molecule has 19 heteroatoms. The molecule has 0 amide bonds. The van der Waals surface area contributed by atoms with Crippen molar-refractivity contribution in [1.29, 1.82) is 0 Å². The zero-order chi connectivity index (χ0) is 50.5. The van der Waals surface area contributed by atoms with E-state index in [1.165, 1.54) is 44.9 Å². The van der Waals surface area contributed by atoms with E-state index in [4.69, 9.17) is 18.5 Å². The first-order valence-corrected chi connectivity index (χ1v) is 28.2. The molecule has 394 valence electrons. The van der Waals surface area contributed by atoms with E-state index in [0.29, 0.717) is 25.7 Å². The number of aliphatic hydroxyl groups is 4. The summed E-state index contributed by atoms with van der Waals surface area (Å²) >= 11 is 0. The molecular formula is C49H86O17P2. The number of hydrogen-bond acceptors (Lipinski definition) is 14. The maximum absolute atomic E-state index is 13.0. The third-order valence-corrected chi connectivity index (χ3v) is 12.9. The van der Waals surface area contributed by atoms with Gasteiger partial charge in [0, 0.05) is 19.3 Å². The Hall–Kier alpha value is -2.37. The van der Waals surface area contributed by atoms with Crippen LogP contribution in [-0.2, 0) is 46.6 Å². The number of ketones is 1. The zero-order valence-electron chi connectivity index (χ0n) is 40.8. The summed E-state index contributed by atoms with van der Waals surface area (Å²) in [4.78, 5) is 66.5. The lowest BCUT2D eigenvalue weighted by molar-refractivity contribution is -0.216. The Bertz CT molecular complexity index is 1560. The van der Waals surface area contributed by atoms with E-state index in [-0.39, 0.29) is 18.6 Å². The molecule has 0 aliphatic heterocycles. The summed E-state index contributed by atoms with van der Waals surface area (Å²) in [6, 6.07) is 0. The van der Waals surface area contributed by atoms with E-state index >= 15 is 0 Å². The largest absolute Gasteiger partial charge is 0.472 e. The van der Waals surface area contributed by atoms with Crippen LogP contribution < -0.4 is 0 Å². The molecule has 0 saturated heterocycles. The van der Waals surface area contributed by atoms with Gasteiger partial charge in [0.2, 0.25) is 0 Å². The topological polar surface area (TPSA) is 273 Å². The van der Waals surface area contributed by atoms with Crippen molar-refractivity contribution in [3.05, 3.63) is 48.6 Å². The van der Waals surface area contributed by atoms with Gasteiger partial charge in [-0.3, -0.25) is 28.0 Å². The summed E-state index contributed by atoms with van der Waals surface area (Å²) in [7, 11) is -10.7. The van der Waals surface area contributed by atoms with E-state index in [9.17, 15) is 58.6 Å². The molecule has 1 saturated carbocycles. The van der Waals surface area contributed by atoms with Crippen LogP contribution in [0.1, 0.15) is 187 Å². The van der Waals surface area contributed by atoms with Crippen molar-refractivity contribution >= 4 is 33.4 Å². The molecule has 1 aliphatic carbocycles. The van der Waals surface area contributed by atoms with Gasteiger partial charge >= 0.3 is 27.6 Å². The Kier molecular flexibility index (Phi) is 36.8. The molecule has 68 heavy (non-hydrogen) atoms. The Balaban J connectivity index is 2.59. The van der Waals surface area contributed by atoms with Crippen LogP contribution in [0.15, 0.2) is 48.6 Å². The Morgan fingerprint density at radius 3 is 1.53 bits per heavy atom. The van der Waals surface area contributed by atoms with Gasteiger partial charge in [0.25, 0.3) is 0 Å². The van der Waals surface area contributed by atoms with Crippen molar-refractivity contribution in [3.63, 3.8) is 0 Å². The SMILES string of the molecule is CCCCC/C=C\C=C\C(=O)CCCCCCCC(=O)OC[C@H](COP(=O)(O)O[C@H]1C(O)C(O)C(O)[C@@H](OP(=O)(O)O)C1O)OC(=O)CCCCCCCCCCC/C=C\C/C=C\CCCCC. The summed E-state index contributed by atoms with van der Waals surface area (Å²) in [6.07, 6.45) is 25.9. The second kappa shape index (κ2) is 39.3. The molecular weight excluding hydrogens is 922 g/mol. The van der Waals surface area contributed by atoms with E-state index in [0.717, 1.165) is 89.9 Å². The number of ether oxygens (including phenoxy) is 2. The smallest absolute Gasteiger partial charge is 0.462 e. The molecule has 0 radical (unpaired) electrons. The fourth-order valence-corrected chi connectivity index (χ4v) is 8.93. The molecule has 17 nitrogen and oxygen atoms in total. The minimum atomic E-state index is -5.38. The first kappa shape index (κ1) is 63.6. The summed E-state index contributed by atoms with van der Waals surface area (Å²) in [6.45, 7) is 2.94. The number of rotatable bonds is 42. The lowest BCUT2D eigenvalue weighted by Gasteiger charge is -2.43. The minimum absolute atomic E-state index is 0.0135. The summed E-state index contributed by atoms with van der Waals surface area (Å²) in [5.41, 5.74) is 0. The normalized spacial score (nSPS) is 21.5. The predicted octanol–water partition coefficient (Wildman–Crippen LogP) is 9.25. The second-order valence-electron chi connectivity index (χ2n) is 17.6. The van der Waals surface area contributed by atoms with Crippen molar-refractivity contribution in [2.24, 2.45) is 0 Å². The lowest BCUT2D eigenvalue weighted by atomic mass is 9.85. The van der Waals surface area contributed by atoms with Crippen LogP contribution in [-0.4, -0.2) is 109 Å². The minimum Gasteiger partial charge on any atom is -0.462 e. The molecule has 1 rings (SSSR count). The van der Waals surface area contributed by atoms with Gasteiger partial charge in [0.15, 0.2) is 11.9 Å². The highest BCUT2D eigenvalue weighted by Crippen LogP contribution is 2.49. The van der Waals surface area contributed by atoms with Gasteiger partial charge in [-0.25, -0.2) is 9.13 Å². The molecule has 0 heterocycles. The average Bonchev–Trinajstić information content (AvgIpc) is 3.29. The highest BCUT2D eigenvalue weighted by Gasteiger charge is 2.54. The van der Waals surface area contributed by atoms with Crippen LogP contribution in [0, 0.1) is 0 Å². The lowest BCUT2D eigenvalue weighted by Crippen LogP contribution is -2.64. The fourth-order valence-electron chi connectivity index (χ4n) is 7.39. The Morgan fingerprint density at radius 2 is 0.985 bits per heavy atom. The molecule has 1 aliphatic rings. The third-order valence-electron chi connectivity index (χ3n) is 11.4. The number of allylic oxidation sites excluding steroid dienone is 8. The van der Waals surface area contributed by atoms with Crippen molar-refractivity contribution in [2.75, 3.05) is 13.2 Å². The van der Waals surface area contributed by atoms with E-state index in [2.05, 4.69) is 48.8 Å².